The van der Waals surface area contributed by atoms with Crippen LogP contribution in [0.2, 0.25) is 0 Å². The van der Waals surface area contributed by atoms with E-state index in [1.807, 2.05) is 0 Å². The van der Waals surface area contributed by atoms with E-state index in [9.17, 15) is 14.4 Å². The molecule has 1 unspecified atom stereocenters. The highest BCUT2D eigenvalue weighted by Gasteiger charge is 2.34. The Morgan fingerprint density at radius 2 is 2.11 bits per heavy atom. The first-order chi connectivity index (χ1) is 8.47. The smallest absolute Gasteiger partial charge is 0.326 e. The molecule has 7 nitrogen and oxygen atoms in total. The third kappa shape index (κ3) is 3.35. The molecule has 1 rings (SSSR count). The van der Waals surface area contributed by atoms with Crippen molar-refractivity contribution in [2.75, 3.05) is 13.1 Å². The van der Waals surface area contributed by atoms with Gasteiger partial charge in [0.2, 0.25) is 5.91 Å². The Balaban J connectivity index is 2.54. The molecule has 0 aromatic rings. The first kappa shape index (κ1) is 14.3. The van der Waals surface area contributed by atoms with Crippen molar-refractivity contribution in [1.82, 2.24) is 15.5 Å². The molecule has 1 saturated heterocycles. The molecule has 0 radical (unpaired) electrons. The van der Waals surface area contributed by atoms with Crippen LogP contribution in [0, 0.1) is 0 Å². The second-order valence-electron chi connectivity index (χ2n) is 4.26. The maximum Gasteiger partial charge on any atom is 0.326 e. The quantitative estimate of drug-likeness (QED) is 0.647. The minimum absolute atomic E-state index is 0.281. The van der Waals surface area contributed by atoms with Crippen molar-refractivity contribution in [2.24, 2.45) is 0 Å². The first-order valence-electron chi connectivity index (χ1n) is 6.05. The van der Waals surface area contributed by atoms with Gasteiger partial charge in [-0.05, 0) is 26.7 Å². The van der Waals surface area contributed by atoms with Crippen LogP contribution in [0.15, 0.2) is 0 Å². The summed E-state index contributed by atoms with van der Waals surface area (Å²) in [6.45, 7) is 4.24. The summed E-state index contributed by atoms with van der Waals surface area (Å²) >= 11 is 0. The van der Waals surface area contributed by atoms with Gasteiger partial charge in [0.15, 0.2) is 0 Å². The lowest BCUT2D eigenvalue weighted by atomic mass is 10.2. The van der Waals surface area contributed by atoms with Gasteiger partial charge in [0.05, 0.1) is 0 Å². The van der Waals surface area contributed by atoms with Gasteiger partial charge < -0.3 is 20.6 Å². The Bertz CT molecular complexity index is 345. The number of amides is 3. The van der Waals surface area contributed by atoms with E-state index in [4.69, 9.17) is 5.11 Å². The van der Waals surface area contributed by atoms with Crippen molar-refractivity contribution in [3.8, 4) is 0 Å². The third-order valence-electron chi connectivity index (χ3n) is 2.88. The van der Waals surface area contributed by atoms with Crippen LogP contribution >= 0.6 is 0 Å². The summed E-state index contributed by atoms with van der Waals surface area (Å²) in [5.41, 5.74) is 0. The SMILES string of the molecule is CCNC(=O)C(C)NC(=O)N1CCC[C@@H]1C(=O)O. The van der Waals surface area contributed by atoms with Crippen LogP contribution in [0.25, 0.3) is 0 Å². The summed E-state index contributed by atoms with van der Waals surface area (Å²) in [4.78, 5) is 35.5. The number of aliphatic carboxylic acids is 1. The number of likely N-dealkylation sites (tertiary alicyclic amines) is 1. The lowest BCUT2D eigenvalue weighted by Gasteiger charge is -2.23. The summed E-state index contributed by atoms with van der Waals surface area (Å²) in [6, 6.07) is -1.96. The lowest BCUT2D eigenvalue weighted by molar-refractivity contribution is -0.141. The van der Waals surface area contributed by atoms with E-state index in [0.29, 0.717) is 25.9 Å². The van der Waals surface area contributed by atoms with Crippen LogP contribution in [0.3, 0.4) is 0 Å². The molecule has 0 saturated carbocycles. The molecule has 0 bridgehead atoms. The number of hydrogen-bond donors (Lipinski definition) is 3. The Hall–Kier alpha value is -1.79. The topological polar surface area (TPSA) is 98.7 Å². The van der Waals surface area contributed by atoms with Crippen molar-refractivity contribution >= 4 is 17.9 Å². The number of carbonyl (C=O) groups excluding carboxylic acids is 2. The molecular weight excluding hydrogens is 238 g/mol. The standard InChI is InChI=1S/C11H19N3O4/c1-3-12-9(15)7(2)13-11(18)14-6-4-5-8(14)10(16)17/h7-8H,3-6H2,1-2H3,(H,12,15)(H,13,18)(H,16,17)/t7?,8-/m1/s1. The van der Waals surface area contributed by atoms with E-state index < -0.39 is 24.1 Å². The van der Waals surface area contributed by atoms with E-state index in [-0.39, 0.29) is 5.91 Å². The third-order valence-corrected chi connectivity index (χ3v) is 2.88. The predicted octanol–water partition coefficient (Wildman–Crippen LogP) is -0.230. The fourth-order valence-corrected chi connectivity index (χ4v) is 1.93. The highest BCUT2D eigenvalue weighted by Crippen LogP contribution is 2.17. The molecule has 0 aromatic carbocycles. The molecule has 3 amide bonds. The van der Waals surface area contributed by atoms with Gasteiger partial charge in [-0.2, -0.15) is 0 Å². The average Bonchev–Trinajstić information content (AvgIpc) is 2.78. The molecule has 0 aromatic heterocycles. The number of likely N-dealkylation sites (N-methyl/N-ethyl adjacent to an activating group) is 1. The normalized spacial score (nSPS) is 20.3. The van der Waals surface area contributed by atoms with Crippen molar-refractivity contribution in [1.29, 1.82) is 0 Å². The zero-order valence-electron chi connectivity index (χ0n) is 10.6. The van der Waals surface area contributed by atoms with Gasteiger partial charge in [0.1, 0.15) is 12.1 Å². The highest BCUT2D eigenvalue weighted by molar-refractivity contribution is 5.88. The van der Waals surface area contributed by atoms with E-state index in [0.717, 1.165) is 0 Å². The number of carboxylic acids is 1. The zero-order valence-corrected chi connectivity index (χ0v) is 10.6. The number of hydrogen-bond acceptors (Lipinski definition) is 3. The molecule has 1 heterocycles. The largest absolute Gasteiger partial charge is 0.480 e. The minimum atomic E-state index is -1.01. The molecule has 1 fully saturated rings. The Morgan fingerprint density at radius 1 is 1.44 bits per heavy atom. The van der Waals surface area contributed by atoms with Gasteiger partial charge in [-0.1, -0.05) is 0 Å². The second kappa shape index (κ2) is 6.23. The summed E-state index contributed by atoms with van der Waals surface area (Å²) in [7, 11) is 0. The summed E-state index contributed by atoms with van der Waals surface area (Å²) in [5, 5.41) is 14.0. The average molecular weight is 257 g/mol. The van der Waals surface area contributed by atoms with E-state index >= 15 is 0 Å². The van der Waals surface area contributed by atoms with Gasteiger partial charge in [0.25, 0.3) is 0 Å². The first-order valence-corrected chi connectivity index (χ1v) is 6.05. The van der Waals surface area contributed by atoms with Crippen LogP contribution in [0.5, 0.6) is 0 Å². The molecule has 1 aliphatic heterocycles. The van der Waals surface area contributed by atoms with Crippen molar-refractivity contribution in [2.45, 2.75) is 38.8 Å². The predicted molar refractivity (Wildman–Crippen MR) is 64.0 cm³/mol. The molecule has 7 heteroatoms. The van der Waals surface area contributed by atoms with Crippen LogP contribution in [0.1, 0.15) is 26.7 Å². The van der Waals surface area contributed by atoms with Crippen molar-refractivity contribution in [3.05, 3.63) is 0 Å². The number of nitrogens with zero attached hydrogens (tertiary/aromatic N) is 1. The van der Waals surface area contributed by atoms with Crippen molar-refractivity contribution in [3.63, 3.8) is 0 Å². The van der Waals surface area contributed by atoms with Gasteiger partial charge >= 0.3 is 12.0 Å². The molecule has 0 aliphatic carbocycles. The van der Waals surface area contributed by atoms with Crippen LogP contribution in [-0.4, -0.2) is 53.1 Å². The van der Waals surface area contributed by atoms with Gasteiger partial charge in [-0.15, -0.1) is 0 Å². The Morgan fingerprint density at radius 3 is 2.67 bits per heavy atom. The van der Waals surface area contributed by atoms with Crippen molar-refractivity contribution < 1.29 is 19.5 Å². The second-order valence-corrected chi connectivity index (χ2v) is 4.26. The molecule has 3 N–H and O–H groups in total. The van der Waals surface area contributed by atoms with Gasteiger partial charge in [-0.25, -0.2) is 9.59 Å². The zero-order chi connectivity index (χ0) is 13.7. The molecule has 18 heavy (non-hydrogen) atoms. The molecular formula is C11H19N3O4. The Labute approximate surface area is 106 Å². The van der Waals surface area contributed by atoms with E-state index in [2.05, 4.69) is 10.6 Å². The fourth-order valence-electron chi connectivity index (χ4n) is 1.93. The lowest BCUT2D eigenvalue weighted by Crippen LogP contribution is -2.52. The maximum absolute atomic E-state index is 11.9. The van der Waals surface area contributed by atoms with Gasteiger partial charge in [0, 0.05) is 13.1 Å². The van der Waals surface area contributed by atoms with Gasteiger partial charge in [-0.3, -0.25) is 4.79 Å². The van der Waals surface area contributed by atoms with Crippen LogP contribution in [0.4, 0.5) is 4.79 Å². The Kier molecular flexibility index (Phi) is 4.94. The maximum atomic E-state index is 11.9. The summed E-state index contributed by atoms with van der Waals surface area (Å²) < 4.78 is 0. The minimum Gasteiger partial charge on any atom is -0.480 e. The van der Waals surface area contributed by atoms with Crippen LogP contribution in [-0.2, 0) is 9.59 Å². The monoisotopic (exact) mass is 257 g/mol. The number of urea groups is 1. The highest BCUT2D eigenvalue weighted by atomic mass is 16.4. The van der Waals surface area contributed by atoms with E-state index in [1.165, 1.54) is 4.90 Å². The van der Waals surface area contributed by atoms with E-state index in [1.54, 1.807) is 13.8 Å². The summed E-state index contributed by atoms with van der Waals surface area (Å²) in [5.74, 6) is -1.29. The molecule has 0 spiro atoms. The number of carbonyl (C=O) groups is 3. The number of carboxylic acid groups (broad SMARTS) is 1. The fraction of sp³-hybridized carbons (Fsp3) is 0.727. The van der Waals surface area contributed by atoms with Crippen LogP contribution < -0.4 is 10.6 Å². The number of nitrogens with one attached hydrogen (secondary N) is 2. The molecule has 1 aliphatic rings. The molecule has 102 valence electrons. The summed E-state index contributed by atoms with van der Waals surface area (Å²) in [6.07, 6.45) is 1.12. The number of rotatable bonds is 4. The molecule has 2 atom stereocenters.